The standard InChI is InChI=1S/C11H23O5P/c1-4-5-6-13-7-8-14-17(12)15-9-11(2,3)10-16-17/h4-10H2,1-3H3. The maximum absolute atomic E-state index is 11.9. The molecule has 0 bridgehead atoms. The highest BCUT2D eigenvalue weighted by Crippen LogP contribution is 2.54. The molecule has 0 amide bonds. The molecule has 0 aliphatic carbocycles. The van der Waals surface area contributed by atoms with E-state index >= 15 is 0 Å². The molecule has 0 atom stereocenters. The summed E-state index contributed by atoms with van der Waals surface area (Å²) in [5, 5.41) is 0. The summed E-state index contributed by atoms with van der Waals surface area (Å²) in [5.41, 5.74) is -0.102. The molecule has 0 saturated carbocycles. The van der Waals surface area contributed by atoms with Crippen LogP contribution in [0.3, 0.4) is 0 Å². The van der Waals surface area contributed by atoms with E-state index in [9.17, 15) is 4.57 Å². The van der Waals surface area contributed by atoms with Crippen molar-refractivity contribution in [1.82, 2.24) is 0 Å². The molecule has 1 rings (SSSR count). The van der Waals surface area contributed by atoms with Gasteiger partial charge in [0.1, 0.15) is 0 Å². The van der Waals surface area contributed by atoms with Crippen molar-refractivity contribution >= 4 is 7.82 Å². The van der Waals surface area contributed by atoms with Crippen molar-refractivity contribution in [3.63, 3.8) is 0 Å². The first-order valence-electron chi connectivity index (χ1n) is 6.09. The number of hydrogen-bond acceptors (Lipinski definition) is 5. The van der Waals surface area contributed by atoms with Crippen LogP contribution in [0, 0.1) is 5.41 Å². The maximum Gasteiger partial charge on any atom is 0.474 e. The van der Waals surface area contributed by atoms with Crippen LogP contribution >= 0.6 is 7.82 Å². The van der Waals surface area contributed by atoms with E-state index < -0.39 is 7.82 Å². The van der Waals surface area contributed by atoms with E-state index in [1.807, 2.05) is 13.8 Å². The Morgan fingerprint density at radius 2 is 1.82 bits per heavy atom. The monoisotopic (exact) mass is 266 g/mol. The van der Waals surface area contributed by atoms with Gasteiger partial charge in [-0.1, -0.05) is 27.2 Å². The molecule has 0 N–H and O–H groups in total. The summed E-state index contributed by atoms with van der Waals surface area (Å²) >= 11 is 0. The second kappa shape index (κ2) is 6.86. The van der Waals surface area contributed by atoms with Gasteiger partial charge in [0.2, 0.25) is 0 Å². The lowest BCUT2D eigenvalue weighted by Gasteiger charge is -2.32. The van der Waals surface area contributed by atoms with E-state index in [0.717, 1.165) is 12.8 Å². The molecule has 0 radical (unpaired) electrons. The molecule has 0 aromatic carbocycles. The fourth-order valence-electron chi connectivity index (χ4n) is 1.22. The number of rotatable bonds is 7. The smallest absolute Gasteiger partial charge is 0.379 e. The minimum absolute atomic E-state index is 0.102. The number of phosphoric ester groups is 1. The Bertz CT molecular complexity index is 253. The van der Waals surface area contributed by atoms with Gasteiger partial charge in [0.25, 0.3) is 0 Å². The summed E-state index contributed by atoms with van der Waals surface area (Å²) < 4.78 is 32.6. The molecule has 1 aliphatic heterocycles. The lowest BCUT2D eigenvalue weighted by atomic mass is 9.97. The third-order valence-electron chi connectivity index (χ3n) is 2.35. The average Bonchev–Trinajstić information content (AvgIpc) is 2.28. The van der Waals surface area contributed by atoms with Crippen LogP contribution in [0.15, 0.2) is 0 Å². The van der Waals surface area contributed by atoms with Crippen LogP contribution in [0.1, 0.15) is 33.6 Å². The quantitative estimate of drug-likeness (QED) is 0.523. The Kier molecular flexibility index (Phi) is 6.10. The fourth-order valence-corrected chi connectivity index (χ4v) is 2.75. The Morgan fingerprint density at radius 1 is 1.18 bits per heavy atom. The summed E-state index contributed by atoms with van der Waals surface area (Å²) in [6, 6.07) is 0. The largest absolute Gasteiger partial charge is 0.474 e. The normalized spacial score (nSPS) is 22.5. The predicted octanol–water partition coefficient (Wildman–Crippen LogP) is 3.00. The zero-order valence-electron chi connectivity index (χ0n) is 10.9. The minimum Gasteiger partial charge on any atom is -0.379 e. The van der Waals surface area contributed by atoms with Gasteiger partial charge in [-0.2, -0.15) is 0 Å². The molecule has 1 saturated heterocycles. The highest BCUT2D eigenvalue weighted by Gasteiger charge is 2.37. The average molecular weight is 266 g/mol. The zero-order chi connectivity index (χ0) is 12.8. The zero-order valence-corrected chi connectivity index (χ0v) is 11.8. The fraction of sp³-hybridized carbons (Fsp3) is 1.00. The van der Waals surface area contributed by atoms with E-state index in [1.54, 1.807) is 0 Å². The first-order valence-corrected chi connectivity index (χ1v) is 7.55. The first-order chi connectivity index (χ1) is 7.97. The summed E-state index contributed by atoms with van der Waals surface area (Å²) in [5.74, 6) is 0. The minimum atomic E-state index is -3.33. The Hall–Kier alpha value is 0.0700. The van der Waals surface area contributed by atoms with Gasteiger partial charge >= 0.3 is 7.82 Å². The Balaban J connectivity index is 2.12. The Morgan fingerprint density at radius 3 is 2.41 bits per heavy atom. The van der Waals surface area contributed by atoms with Crippen LogP contribution < -0.4 is 0 Å². The third kappa shape index (κ3) is 5.98. The van der Waals surface area contributed by atoms with Crippen LogP contribution in [0.25, 0.3) is 0 Å². The molecular weight excluding hydrogens is 243 g/mol. The van der Waals surface area contributed by atoms with Gasteiger partial charge in [0.15, 0.2) is 0 Å². The SMILES string of the molecule is CCCCOCCOP1(=O)OCC(C)(C)CO1. The lowest BCUT2D eigenvalue weighted by Crippen LogP contribution is -2.30. The van der Waals surface area contributed by atoms with Gasteiger partial charge in [0, 0.05) is 12.0 Å². The van der Waals surface area contributed by atoms with Crippen molar-refractivity contribution in [2.24, 2.45) is 5.41 Å². The molecule has 0 aromatic heterocycles. The van der Waals surface area contributed by atoms with Crippen LogP contribution in [-0.2, 0) is 22.9 Å². The van der Waals surface area contributed by atoms with Crippen molar-refractivity contribution in [3.8, 4) is 0 Å². The molecular formula is C11H23O5P. The molecule has 1 fully saturated rings. The van der Waals surface area contributed by atoms with Crippen molar-refractivity contribution in [2.45, 2.75) is 33.6 Å². The topological polar surface area (TPSA) is 54.0 Å². The first kappa shape index (κ1) is 15.1. The second-order valence-corrected chi connectivity index (χ2v) is 6.63. The molecule has 0 unspecified atom stereocenters. The van der Waals surface area contributed by atoms with E-state index in [2.05, 4.69) is 6.92 Å². The molecule has 102 valence electrons. The number of unbranched alkanes of at least 4 members (excludes halogenated alkanes) is 1. The molecule has 0 spiro atoms. The van der Waals surface area contributed by atoms with E-state index in [-0.39, 0.29) is 12.0 Å². The van der Waals surface area contributed by atoms with Gasteiger partial charge in [-0.25, -0.2) is 4.57 Å². The molecule has 6 heteroatoms. The molecule has 17 heavy (non-hydrogen) atoms. The molecule has 1 heterocycles. The van der Waals surface area contributed by atoms with Crippen LogP contribution in [-0.4, -0.2) is 33.0 Å². The van der Waals surface area contributed by atoms with Crippen molar-refractivity contribution in [1.29, 1.82) is 0 Å². The van der Waals surface area contributed by atoms with Crippen molar-refractivity contribution < 1.29 is 22.9 Å². The Labute approximate surface area is 103 Å². The summed E-state index contributed by atoms with van der Waals surface area (Å²) in [4.78, 5) is 0. The van der Waals surface area contributed by atoms with Crippen LogP contribution in [0.2, 0.25) is 0 Å². The van der Waals surface area contributed by atoms with Gasteiger partial charge in [-0.05, 0) is 6.42 Å². The summed E-state index contributed by atoms with van der Waals surface area (Å²) in [7, 11) is -3.33. The third-order valence-corrected chi connectivity index (χ3v) is 3.74. The summed E-state index contributed by atoms with van der Waals surface area (Å²) in [6.45, 7) is 8.22. The van der Waals surface area contributed by atoms with E-state index in [4.69, 9.17) is 18.3 Å². The molecule has 0 aromatic rings. The van der Waals surface area contributed by atoms with Gasteiger partial charge in [0.05, 0.1) is 26.4 Å². The van der Waals surface area contributed by atoms with Crippen LogP contribution in [0.4, 0.5) is 0 Å². The lowest BCUT2D eigenvalue weighted by molar-refractivity contribution is -0.00702. The van der Waals surface area contributed by atoms with Crippen LogP contribution in [0.5, 0.6) is 0 Å². The van der Waals surface area contributed by atoms with Gasteiger partial charge < -0.3 is 4.74 Å². The number of ether oxygens (including phenoxy) is 1. The molecule has 1 aliphatic rings. The highest BCUT2D eigenvalue weighted by molar-refractivity contribution is 7.48. The van der Waals surface area contributed by atoms with Gasteiger partial charge in [-0.15, -0.1) is 0 Å². The highest BCUT2D eigenvalue weighted by atomic mass is 31.2. The predicted molar refractivity (Wildman–Crippen MR) is 65.0 cm³/mol. The van der Waals surface area contributed by atoms with E-state index in [1.165, 1.54) is 0 Å². The number of phosphoric acid groups is 1. The van der Waals surface area contributed by atoms with Crippen molar-refractivity contribution in [2.75, 3.05) is 33.0 Å². The molecule has 5 nitrogen and oxygen atoms in total. The van der Waals surface area contributed by atoms with Crippen molar-refractivity contribution in [3.05, 3.63) is 0 Å². The van der Waals surface area contributed by atoms with E-state index in [0.29, 0.717) is 26.4 Å². The maximum atomic E-state index is 11.9. The summed E-state index contributed by atoms with van der Waals surface area (Å²) in [6.07, 6.45) is 2.12. The van der Waals surface area contributed by atoms with Gasteiger partial charge in [-0.3, -0.25) is 13.6 Å². The number of hydrogen-bond donors (Lipinski definition) is 0. The second-order valence-electron chi connectivity index (χ2n) is 4.96.